The number of methoxy groups -OCH3 is 1. The molecule has 20 heavy (non-hydrogen) atoms. The Kier molecular flexibility index (Phi) is 4.63. The summed E-state index contributed by atoms with van der Waals surface area (Å²) in [5.41, 5.74) is 7.68. The SMILES string of the molecule is COc1ccccc1CNC(=O)c1cccc(Br)c1N. The summed E-state index contributed by atoms with van der Waals surface area (Å²) >= 11 is 3.31. The average Bonchev–Trinajstić information content (AvgIpc) is 2.48. The highest BCUT2D eigenvalue weighted by Crippen LogP contribution is 2.23. The van der Waals surface area contributed by atoms with Gasteiger partial charge in [-0.2, -0.15) is 0 Å². The van der Waals surface area contributed by atoms with Crippen LogP contribution in [0.4, 0.5) is 5.69 Å². The minimum absolute atomic E-state index is 0.213. The van der Waals surface area contributed by atoms with E-state index in [0.29, 0.717) is 22.3 Å². The zero-order valence-corrected chi connectivity index (χ0v) is 12.6. The molecule has 104 valence electrons. The van der Waals surface area contributed by atoms with Crippen LogP contribution in [0.25, 0.3) is 0 Å². The Morgan fingerprint density at radius 2 is 2.00 bits per heavy atom. The molecular formula is C15H15BrN2O2. The van der Waals surface area contributed by atoms with Crippen molar-refractivity contribution in [3.63, 3.8) is 0 Å². The highest BCUT2D eigenvalue weighted by atomic mass is 79.9. The van der Waals surface area contributed by atoms with Crippen LogP contribution < -0.4 is 15.8 Å². The lowest BCUT2D eigenvalue weighted by Gasteiger charge is -2.11. The molecule has 0 aliphatic carbocycles. The zero-order valence-electron chi connectivity index (χ0n) is 11.0. The number of carbonyl (C=O) groups excluding carboxylic acids is 1. The first-order chi connectivity index (χ1) is 9.63. The molecule has 5 heteroatoms. The van der Waals surface area contributed by atoms with E-state index < -0.39 is 0 Å². The predicted octanol–water partition coefficient (Wildman–Crippen LogP) is 2.97. The summed E-state index contributed by atoms with van der Waals surface area (Å²) in [5.74, 6) is 0.532. The normalized spacial score (nSPS) is 10.1. The summed E-state index contributed by atoms with van der Waals surface area (Å²) in [7, 11) is 1.60. The van der Waals surface area contributed by atoms with Crippen molar-refractivity contribution in [2.24, 2.45) is 0 Å². The van der Waals surface area contributed by atoms with Crippen LogP contribution in [0.5, 0.6) is 5.75 Å². The number of nitrogens with one attached hydrogen (secondary N) is 1. The Bertz CT molecular complexity index is 629. The summed E-state index contributed by atoms with van der Waals surface area (Å²) in [6.07, 6.45) is 0. The zero-order chi connectivity index (χ0) is 14.5. The second-order valence-corrected chi connectivity index (χ2v) is 5.05. The first kappa shape index (κ1) is 14.4. The van der Waals surface area contributed by atoms with E-state index >= 15 is 0 Å². The highest BCUT2D eigenvalue weighted by molar-refractivity contribution is 9.10. The lowest BCUT2D eigenvalue weighted by molar-refractivity contribution is 0.0951. The van der Waals surface area contributed by atoms with Crippen molar-refractivity contribution >= 4 is 27.5 Å². The predicted molar refractivity (Wildman–Crippen MR) is 82.7 cm³/mol. The van der Waals surface area contributed by atoms with E-state index in [1.165, 1.54) is 0 Å². The topological polar surface area (TPSA) is 64.3 Å². The first-order valence-electron chi connectivity index (χ1n) is 6.07. The molecule has 0 spiro atoms. The second-order valence-electron chi connectivity index (χ2n) is 4.20. The number of halogens is 1. The Hall–Kier alpha value is -2.01. The average molecular weight is 335 g/mol. The van der Waals surface area contributed by atoms with Gasteiger partial charge in [-0.05, 0) is 34.1 Å². The van der Waals surface area contributed by atoms with Crippen LogP contribution in [0, 0.1) is 0 Å². The van der Waals surface area contributed by atoms with E-state index in [0.717, 1.165) is 11.3 Å². The van der Waals surface area contributed by atoms with Gasteiger partial charge in [-0.15, -0.1) is 0 Å². The van der Waals surface area contributed by atoms with Crippen molar-refractivity contribution in [2.45, 2.75) is 6.54 Å². The number of ether oxygens (including phenoxy) is 1. The molecule has 2 aromatic carbocycles. The van der Waals surface area contributed by atoms with E-state index in [-0.39, 0.29) is 5.91 Å². The van der Waals surface area contributed by atoms with Gasteiger partial charge < -0.3 is 15.8 Å². The van der Waals surface area contributed by atoms with Crippen molar-refractivity contribution < 1.29 is 9.53 Å². The fourth-order valence-corrected chi connectivity index (χ4v) is 2.22. The van der Waals surface area contributed by atoms with Gasteiger partial charge in [-0.3, -0.25) is 4.79 Å². The number of nitrogen functional groups attached to an aromatic ring is 1. The smallest absolute Gasteiger partial charge is 0.253 e. The Morgan fingerprint density at radius 3 is 2.75 bits per heavy atom. The summed E-state index contributed by atoms with van der Waals surface area (Å²) in [5, 5.41) is 2.84. The molecule has 0 atom stereocenters. The molecule has 0 radical (unpaired) electrons. The minimum Gasteiger partial charge on any atom is -0.496 e. The van der Waals surface area contributed by atoms with Gasteiger partial charge in [-0.25, -0.2) is 0 Å². The van der Waals surface area contributed by atoms with Crippen molar-refractivity contribution in [1.82, 2.24) is 5.32 Å². The van der Waals surface area contributed by atoms with Crippen molar-refractivity contribution in [2.75, 3.05) is 12.8 Å². The third-order valence-corrected chi connectivity index (χ3v) is 3.62. The fraction of sp³-hybridized carbons (Fsp3) is 0.133. The molecule has 1 amide bonds. The maximum absolute atomic E-state index is 12.1. The number of amides is 1. The van der Waals surface area contributed by atoms with Crippen LogP contribution in [-0.2, 0) is 6.54 Å². The molecule has 3 N–H and O–H groups in total. The van der Waals surface area contributed by atoms with Crippen LogP contribution in [0.1, 0.15) is 15.9 Å². The molecule has 0 unspecified atom stereocenters. The second kappa shape index (κ2) is 6.43. The monoisotopic (exact) mass is 334 g/mol. The van der Waals surface area contributed by atoms with E-state index in [4.69, 9.17) is 10.5 Å². The maximum atomic E-state index is 12.1. The number of benzene rings is 2. The standard InChI is InChI=1S/C15H15BrN2O2/c1-20-13-8-3-2-5-10(13)9-18-15(19)11-6-4-7-12(16)14(11)17/h2-8H,9,17H2,1H3,(H,18,19). The van der Waals surface area contributed by atoms with Gasteiger partial charge in [-0.1, -0.05) is 24.3 Å². The summed E-state index contributed by atoms with van der Waals surface area (Å²) in [6.45, 7) is 0.384. The molecule has 0 heterocycles. The van der Waals surface area contributed by atoms with Crippen LogP contribution in [0.2, 0.25) is 0 Å². The van der Waals surface area contributed by atoms with Gasteiger partial charge in [0.05, 0.1) is 18.4 Å². The highest BCUT2D eigenvalue weighted by Gasteiger charge is 2.12. The molecule has 0 aliphatic rings. The van der Waals surface area contributed by atoms with Gasteiger partial charge in [0, 0.05) is 16.6 Å². The maximum Gasteiger partial charge on any atom is 0.253 e. The van der Waals surface area contributed by atoms with E-state index in [2.05, 4.69) is 21.2 Å². The number of hydrogen-bond donors (Lipinski definition) is 2. The van der Waals surface area contributed by atoms with E-state index in [9.17, 15) is 4.79 Å². The molecule has 2 aromatic rings. The lowest BCUT2D eigenvalue weighted by Crippen LogP contribution is -2.24. The fourth-order valence-electron chi connectivity index (χ4n) is 1.85. The quantitative estimate of drug-likeness (QED) is 0.845. The van der Waals surface area contributed by atoms with Gasteiger partial charge in [0.25, 0.3) is 5.91 Å². The number of carbonyl (C=O) groups is 1. The first-order valence-corrected chi connectivity index (χ1v) is 6.87. The third kappa shape index (κ3) is 3.11. The molecule has 0 bridgehead atoms. The lowest BCUT2D eigenvalue weighted by atomic mass is 10.1. The third-order valence-electron chi connectivity index (χ3n) is 2.93. The molecule has 0 saturated heterocycles. The van der Waals surface area contributed by atoms with E-state index in [1.807, 2.05) is 24.3 Å². The number of para-hydroxylation sites is 2. The Balaban J connectivity index is 2.11. The molecule has 0 saturated carbocycles. The summed E-state index contributed by atoms with van der Waals surface area (Å²) < 4.78 is 5.95. The van der Waals surface area contributed by atoms with Crippen molar-refractivity contribution in [3.8, 4) is 5.75 Å². The van der Waals surface area contributed by atoms with Crippen LogP contribution >= 0.6 is 15.9 Å². The number of rotatable bonds is 4. The van der Waals surface area contributed by atoms with Gasteiger partial charge >= 0.3 is 0 Å². The van der Waals surface area contributed by atoms with Crippen molar-refractivity contribution in [1.29, 1.82) is 0 Å². The van der Waals surface area contributed by atoms with Crippen molar-refractivity contribution in [3.05, 3.63) is 58.1 Å². The molecule has 4 nitrogen and oxygen atoms in total. The van der Waals surface area contributed by atoms with Crippen LogP contribution in [-0.4, -0.2) is 13.0 Å². The summed E-state index contributed by atoms with van der Waals surface area (Å²) in [6, 6.07) is 12.8. The Morgan fingerprint density at radius 1 is 1.25 bits per heavy atom. The number of hydrogen-bond acceptors (Lipinski definition) is 3. The largest absolute Gasteiger partial charge is 0.496 e. The Labute approximate surface area is 126 Å². The van der Waals surface area contributed by atoms with Crippen LogP contribution in [0.3, 0.4) is 0 Å². The van der Waals surface area contributed by atoms with Gasteiger partial charge in [0.2, 0.25) is 0 Å². The molecular weight excluding hydrogens is 320 g/mol. The van der Waals surface area contributed by atoms with Gasteiger partial charge in [0.1, 0.15) is 5.75 Å². The van der Waals surface area contributed by atoms with E-state index in [1.54, 1.807) is 25.3 Å². The van der Waals surface area contributed by atoms with Crippen LogP contribution in [0.15, 0.2) is 46.9 Å². The van der Waals surface area contributed by atoms with Gasteiger partial charge in [0.15, 0.2) is 0 Å². The molecule has 2 rings (SSSR count). The number of nitrogens with two attached hydrogens (primary N) is 1. The molecule has 0 aromatic heterocycles. The minimum atomic E-state index is -0.213. The molecule has 0 aliphatic heterocycles. The summed E-state index contributed by atoms with van der Waals surface area (Å²) in [4.78, 5) is 12.1. The number of anilines is 1. The molecule has 0 fully saturated rings.